The third-order valence-electron chi connectivity index (χ3n) is 0.985. The molecule has 9 nitrogen and oxygen atoms in total. The molecule has 2 rings (SSSR count). The van der Waals surface area contributed by atoms with Gasteiger partial charge in [0.1, 0.15) is 0 Å². The summed E-state index contributed by atoms with van der Waals surface area (Å²) in [6.45, 7) is 0. The van der Waals surface area contributed by atoms with Crippen LogP contribution in [0.5, 0.6) is 0 Å². The molecular weight excluding hydrogens is 712 g/mol. The van der Waals surface area contributed by atoms with Gasteiger partial charge in [0.15, 0.2) is 0 Å². The molecule has 2 aliphatic rings. The summed E-state index contributed by atoms with van der Waals surface area (Å²) in [6, 6.07) is 0. The Kier molecular flexibility index (Phi) is 4.60. The molecule has 100 valence electrons. The van der Waals surface area contributed by atoms with Crippen LogP contribution in [-0.4, -0.2) is 46.1 Å². The molecule has 0 unspecified atom stereocenters. The van der Waals surface area contributed by atoms with Gasteiger partial charge >= 0.3 is 112 Å². The first-order valence-corrected chi connectivity index (χ1v) is 16.1. The minimum atomic E-state index is -5.24. The van der Waals surface area contributed by atoms with Crippen LogP contribution in [0.4, 0.5) is 12.6 Å². The number of hydrogen-bond acceptors (Lipinski definition) is 9. The van der Waals surface area contributed by atoms with Crippen molar-refractivity contribution in [1.29, 1.82) is 0 Å². The van der Waals surface area contributed by atoms with Crippen LogP contribution in [0, 0.1) is 0 Å². The zero-order chi connectivity index (χ0) is 12.9. The second-order valence-corrected chi connectivity index (χ2v) is 20.7. The van der Waals surface area contributed by atoms with Crippen LogP contribution in [0.1, 0.15) is 0 Å². The molecule has 0 aromatic rings. The van der Waals surface area contributed by atoms with E-state index in [1.807, 2.05) is 0 Å². The van der Waals surface area contributed by atoms with Crippen LogP contribution in [0.3, 0.4) is 0 Å². The van der Waals surface area contributed by atoms with Crippen molar-refractivity contribution in [3.8, 4) is 0 Å². The van der Waals surface area contributed by atoms with Gasteiger partial charge in [-0.1, -0.05) is 0 Å². The molecule has 2 aliphatic heterocycles. The molecule has 0 aromatic heterocycles. The summed E-state index contributed by atoms with van der Waals surface area (Å²) < 4.78 is 92.3. The van der Waals surface area contributed by atoms with Gasteiger partial charge in [0, 0.05) is 0 Å². The summed E-state index contributed by atoms with van der Waals surface area (Å²) >= 11 is -8.21. The first-order chi connectivity index (χ1) is 7.57. The summed E-state index contributed by atoms with van der Waals surface area (Å²) in [5.74, 6) is 0. The molecule has 17 heavy (non-hydrogen) atoms. The summed E-state index contributed by atoms with van der Waals surface area (Å²) in [5.41, 5.74) is 0. The Morgan fingerprint density at radius 1 is 0.941 bits per heavy atom. The van der Waals surface area contributed by atoms with Crippen molar-refractivity contribution in [1.82, 2.24) is 0 Å². The molecule has 17 heteroatoms. The Hall–Kier alpha value is 2.01. The average molecular weight is 712 g/mol. The molecule has 0 bridgehead atoms. The van der Waals surface area contributed by atoms with Gasteiger partial charge in [-0.05, 0) is 0 Å². The van der Waals surface area contributed by atoms with Gasteiger partial charge in [0.05, 0.1) is 0 Å². The van der Waals surface area contributed by atoms with Crippen molar-refractivity contribution < 1.29 is 41.9 Å². The van der Waals surface area contributed by atoms with E-state index in [2.05, 4.69) is 15.6 Å². The molecule has 0 aromatic carbocycles. The van der Waals surface area contributed by atoms with Crippen LogP contribution in [-0.2, 0) is 29.3 Å². The standard InChI is InChI=1S/2Bi.3FH2O3P/c;;3*1-5(2,3)4/h;;3*(H2,2,3,4)/q2*+3;;;/p-6. The summed E-state index contributed by atoms with van der Waals surface area (Å²) in [7, 11) is -14.6. The van der Waals surface area contributed by atoms with Crippen LogP contribution in [0.25, 0.3) is 0 Å². The molecular formula is Bi2F3O9P3. The number of halogens is 3. The van der Waals surface area contributed by atoms with E-state index in [1.165, 1.54) is 0 Å². The third kappa shape index (κ3) is 4.50. The number of hydrogen-bond donors (Lipinski definition) is 0. The van der Waals surface area contributed by atoms with E-state index in [-0.39, 0.29) is 0 Å². The molecule has 2 saturated heterocycles. The molecule has 0 saturated carbocycles. The van der Waals surface area contributed by atoms with E-state index >= 15 is 0 Å². The Balaban J connectivity index is 1.78. The topological polar surface area (TPSA) is 107 Å². The molecule has 0 radical (unpaired) electrons. The van der Waals surface area contributed by atoms with Crippen molar-refractivity contribution in [3.05, 3.63) is 0 Å². The van der Waals surface area contributed by atoms with Gasteiger partial charge < -0.3 is 0 Å². The monoisotopic (exact) mass is 712 g/mol. The fraction of sp³-hybridized carbons (Fsp3) is 0. The van der Waals surface area contributed by atoms with E-state index in [9.17, 15) is 26.3 Å². The summed E-state index contributed by atoms with van der Waals surface area (Å²) in [4.78, 5) is 0. The van der Waals surface area contributed by atoms with Gasteiger partial charge in [-0.3, -0.25) is 0 Å². The van der Waals surface area contributed by atoms with Gasteiger partial charge in [-0.15, -0.1) is 0 Å². The van der Waals surface area contributed by atoms with E-state index in [4.69, 9.17) is 0 Å². The molecule has 0 N–H and O–H groups in total. The van der Waals surface area contributed by atoms with Crippen LogP contribution >= 0.6 is 23.7 Å². The fourth-order valence-corrected chi connectivity index (χ4v) is 21.1. The van der Waals surface area contributed by atoms with Crippen LogP contribution in [0.15, 0.2) is 0 Å². The van der Waals surface area contributed by atoms with Gasteiger partial charge in [-0.25, -0.2) is 0 Å². The van der Waals surface area contributed by atoms with Gasteiger partial charge in [0.2, 0.25) is 0 Å². The second-order valence-electron chi connectivity index (χ2n) is 2.23. The van der Waals surface area contributed by atoms with E-state index in [0.717, 1.165) is 0 Å². The van der Waals surface area contributed by atoms with Crippen molar-refractivity contribution in [2.45, 2.75) is 0 Å². The van der Waals surface area contributed by atoms with Crippen molar-refractivity contribution in [2.24, 2.45) is 0 Å². The van der Waals surface area contributed by atoms with Crippen molar-refractivity contribution >= 4 is 69.9 Å². The predicted octanol–water partition coefficient (Wildman–Crippen LogP) is 2.32. The Morgan fingerprint density at radius 3 is 1.47 bits per heavy atom. The first-order valence-electron chi connectivity index (χ1n) is 3.25. The predicted molar refractivity (Wildman–Crippen MR) is 44.2 cm³/mol. The summed E-state index contributed by atoms with van der Waals surface area (Å²) in [6.07, 6.45) is 0. The maximum absolute atomic E-state index is 13.0. The second kappa shape index (κ2) is 5.08. The van der Waals surface area contributed by atoms with Gasteiger partial charge in [0.25, 0.3) is 0 Å². The first kappa shape index (κ1) is 15.4. The Bertz CT molecular complexity index is 406. The normalized spacial score (nSPS) is 28.4. The van der Waals surface area contributed by atoms with E-state index in [1.54, 1.807) is 0 Å². The van der Waals surface area contributed by atoms with E-state index < -0.39 is 69.9 Å². The third-order valence-corrected chi connectivity index (χ3v) is 25.9. The molecule has 2 fully saturated rings. The summed E-state index contributed by atoms with van der Waals surface area (Å²) in [5, 5.41) is 0. The fourth-order valence-electron chi connectivity index (χ4n) is 0.565. The zero-order valence-corrected chi connectivity index (χ0v) is 16.7. The zero-order valence-electron chi connectivity index (χ0n) is 7.04. The maximum atomic E-state index is 13.0. The average Bonchev–Trinajstić information content (AvgIpc) is 1.94. The van der Waals surface area contributed by atoms with Crippen molar-refractivity contribution in [3.63, 3.8) is 0 Å². The van der Waals surface area contributed by atoms with E-state index in [0.29, 0.717) is 0 Å². The molecule has 0 atom stereocenters. The van der Waals surface area contributed by atoms with Crippen LogP contribution < -0.4 is 0 Å². The van der Waals surface area contributed by atoms with Crippen LogP contribution in [0.2, 0.25) is 0 Å². The molecule has 2 heterocycles. The Morgan fingerprint density at radius 2 is 1.24 bits per heavy atom. The number of rotatable bonds is 4. The molecule has 0 amide bonds. The molecule has 0 spiro atoms. The quantitative estimate of drug-likeness (QED) is 0.321. The van der Waals surface area contributed by atoms with Gasteiger partial charge in [-0.2, -0.15) is 0 Å². The Labute approximate surface area is 111 Å². The SMILES string of the molecule is O=P1(F)[O][Bi]([O]P(=O)(F)[O][Bi]2[O]P(=O)(F)[O]2)[O]1. The molecule has 0 aliphatic carbocycles. The van der Waals surface area contributed by atoms with Crippen molar-refractivity contribution in [2.75, 3.05) is 0 Å². The minimum absolute atomic E-state index is 3.90.